The number of alkyl halides is 1. The molecular weight excluding hydrogens is 319 g/mol. The van der Waals surface area contributed by atoms with E-state index in [1.54, 1.807) is 12.1 Å². The van der Waals surface area contributed by atoms with E-state index in [1.807, 2.05) is 30.1 Å². The van der Waals surface area contributed by atoms with E-state index in [0.717, 1.165) is 22.1 Å². The van der Waals surface area contributed by atoms with Crippen LogP contribution in [0.4, 0.5) is 10.1 Å². The molecule has 0 atom stereocenters. The van der Waals surface area contributed by atoms with Crippen molar-refractivity contribution in [3.05, 3.63) is 65.0 Å². The van der Waals surface area contributed by atoms with E-state index >= 15 is 0 Å². The second-order valence-electron chi connectivity index (χ2n) is 4.58. The molecule has 0 heterocycles. The van der Waals surface area contributed by atoms with Gasteiger partial charge in [-0.05, 0) is 35.4 Å². The van der Waals surface area contributed by atoms with Gasteiger partial charge in [0.15, 0.2) is 0 Å². The number of hydrogen-bond donors (Lipinski definition) is 0. The maximum absolute atomic E-state index is 12.9. The third-order valence-corrected chi connectivity index (χ3v) is 3.73. The minimum absolute atomic E-state index is 0.240. The van der Waals surface area contributed by atoms with Crippen molar-refractivity contribution >= 4 is 21.6 Å². The van der Waals surface area contributed by atoms with Crippen LogP contribution >= 0.6 is 15.9 Å². The highest BCUT2D eigenvalue weighted by Gasteiger charge is 2.09. The van der Waals surface area contributed by atoms with Crippen LogP contribution in [-0.4, -0.2) is 7.05 Å². The molecule has 2 aromatic rings. The van der Waals surface area contributed by atoms with Gasteiger partial charge in [0.1, 0.15) is 11.9 Å². The fourth-order valence-electron chi connectivity index (χ4n) is 2.04. The van der Waals surface area contributed by atoms with Crippen LogP contribution in [0.25, 0.3) is 0 Å². The molecule has 0 amide bonds. The summed E-state index contributed by atoms with van der Waals surface area (Å²) in [5, 5.41) is 9.97. The van der Waals surface area contributed by atoms with Gasteiger partial charge >= 0.3 is 0 Å². The topological polar surface area (TPSA) is 27.0 Å². The van der Waals surface area contributed by atoms with Gasteiger partial charge in [-0.15, -0.1) is 0 Å². The fourth-order valence-corrected chi connectivity index (χ4v) is 2.39. The fraction of sp³-hybridized carbons (Fsp3) is 0.188. The molecule has 20 heavy (non-hydrogen) atoms. The Labute approximate surface area is 126 Å². The Morgan fingerprint density at radius 3 is 2.40 bits per heavy atom. The number of hydrogen-bond acceptors (Lipinski definition) is 2. The van der Waals surface area contributed by atoms with E-state index in [0.29, 0.717) is 12.1 Å². The van der Waals surface area contributed by atoms with E-state index in [4.69, 9.17) is 0 Å². The summed E-state index contributed by atoms with van der Waals surface area (Å²) in [5.41, 5.74) is 3.59. The van der Waals surface area contributed by atoms with Gasteiger partial charge in [0.05, 0.1) is 11.3 Å². The highest BCUT2D eigenvalue weighted by Crippen LogP contribution is 2.23. The van der Waals surface area contributed by atoms with Crippen LogP contribution < -0.4 is 4.90 Å². The first kappa shape index (κ1) is 14.5. The number of rotatable bonds is 4. The molecule has 0 aliphatic heterocycles. The van der Waals surface area contributed by atoms with Gasteiger partial charge in [-0.1, -0.05) is 34.1 Å². The zero-order chi connectivity index (χ0) is 14.5. The Hall–Kier alpha value is -1.86. The SMILES string of the molecule is CN(Cc1ccc(F)cc1)c1ccc(CBr)cc1C#N. The number of nitriles is 1. The molecular formula is C16H14BrFN2. The van der Waals surface area contributed by atoms with Gasteiger partial charge in [0, 0.05) is 18.9 Å². The second kappa shape index (κ2) is 6.53. The Balaban J connectivity index is 2.22. The van der Waals surface area contributed by atoms with Crippen LogP contribution in [0.15, 0.2) is 42.5 Å². The first-order valence-electron chi connectivity index (χ1n) is 6.18. The van der Waals surface area contributed by atoms with E-state index in [1.165, 1.54) is 12.1 Å². The smallest absolute Gasteiger partial charge is 0.123 e. The van der Waals surface area contributed by atoms with Crippen molar-refractivity contribution in [3.63, 3.8) is 0 Å². The van der Waals surface area contributed by atoms with Crippen LogP contribution in [0, 0.1) is 17.1 Å². The van der Waals surface area contributed by atoms with E-state index < -0.39 is 0 Å². The molecule has 0 aromatic heterocycles. The van der Waals surface area contributed by atoms with E-state index in [9.17, 15) is 9.65 Å². The number of nitrogens with zero attached hydrogens (tertiary/aromatic N) is 2. The van der Waals surface area contributed by atoms with Gasteiger partial charge < -0.3 is 4.90 Å². The van der Waals surface area contributed by atoms with E-state index in [-0.39, 0.29) is 5.82 Å². The summed E-state index contributed by atoms with van der Waals surface area (Å²) in [7, 11) is 1.92. The summed E-state index contributed by atoms with van der Waals surface area (Å²) in [6.07, 6.45) is 0. The quantitative estimate of drug-likeness (QED) is 0.783. The summed E-state index contributed by atoms with van der Waals surface area (Å²) in [6, 6.07) is 14.4. The van der Waals surface area contributed by atoms with Crippen LogP contribution in [0.2, 0.25) is 0 Å². The van der Waals surface area contributed by atoms with Gasteiger partial charge in [-0.2, -0.15) is 5.26 Å². The van der Waals surface area contributed by atoms with E-state index in [2.05, 4.69) is 22.0 Å². The largest absolute Gasteiger partial charge is 0.369 e. The number of halogens is 2. The highest BCUT2D eigenvalue weighted by molar-refractivity contribution is 9.08. The Morgan fingerprint density at radius 1 is 1.15 bits per heavy atom. The zero-order valence-corrected chi connectivity index (χ0v) is 12.7. The van der Waals surface area contributed by atoms with Crippen molar-refractivity contribution in [3.8, 4) is 6.07 Å². The molecule has 0 aliphatic rings. The molecule has 0 saturated carbocycles. The third kappa shape index (κ3) is 3.37. The van der Waals surface area contributed by atoms with Crippen LogP contribution in [0.5, 0.6) is 0 Å². The summed E-state index contributed by atoms with van der Waals surface area (Å²) < 4.78 is 12.9. The van der Waals surface area contributed by atoms with Crippen molar-refractivity contribution in [2.45, 2.75) is 11.9 Å². The lowest BCUT2D eigenvalue weighted by molar-refractivity contribution is 0.627. The molecule has 0 spiro atoms. The van der Waals surface area contributed by atoms with Crippen molar-refractivity contribution in [2.24, 2.45) is 0 Å². The van der Waals surface area contributed by atoms with Crippen molar-refractivity contribution < 1.29 is 4.39 Å². The Kier molecular flexibility index (Phi) is 4.75. The maximum Gasteiger partial charge on any atom is 0.123 e. The average molecular weight is 333 g/mol. The third-order valence-electron chi connectivity index (χ3n) is 3.08. The molecule has 0 unspecified atom stereocenters. The average Bonchev–Trinajstić information content (AvgIpc) is 2.48. The molecule has 2 rings (SSSR count). The summed E-state index contributed by atoms with van der Waals surface area (Å²) >= 11 is 3.38. The van der Waals surface area contributed by atoms with Crippen molar-refractivity contribution in [1.82, 2.24) is 0 Å². The first-order valence-corrected chi connectivity index (χ1v) is 7.30. The number of anilines is 1. The minimum atomic E-state index is -0.240. The Bertz CT molecular complexity index is 632. The molecule has 4 heteroatoms. The second-order valence-corrected chi connectivity index (χ2v) is 5.14. The molecule has 0 bridgehead atoms. The normalized spacial score (nSPS) is 10.1. The Morgan fingerprint density at radius 2 is 1.80 bits per heavy atom. The molecule has 0 fully saturated rings. The molecule has 0 N–H and O–H groups in total. The maximum atomic E-state index is 12.9. The van der Waals surface area contributed by atoms with Crippen LogP contribution in [-0.2, 0) is 11.9 Å². The first-order chi connectivity index (χ1) is 9.63. The molecule has 0 aliphatic carbocycles. The summed E-state index contributed by atoms with van der Waals surface area (Å²) in [4.78, 5) is 1.99. The lowest BCUT2D eigenvalue weighted by Gasteiger charge is -2.21. The zero-order valence-electron chi connectivity index (χ0n) is 11.1. The molecule has 0 saturated heterocycles. The minimum Gasteiger partial charge on any atom is -0.369 e. The standard InChI is InChI=1S/C16H14BrFN2/c1-20(11-12-2-5-15(18)6-3-12)16-7-4-13(9-17)8-14(16)10-19/h2-8H,9,11H2,1H3. The summed E-state index contributed by atoms with van der Waals surface area (Å²) in [5.74, 6) is -0.240. The lowest BCUT2D eigenvalue weighted by Crippen LogP contribution is -2.17. The predicted molar refractivity (Wildman–Crippen MR) is 82.3 cm³/mol. The van der Waals surface area contributed by atoms with Crippen LogP contribution in [0.1, 0.15) is 16.7 Å². The monoisotopic (exact) mass is 332 g/mol. The van der Waals surface area contributed by atoms with Gasteiger partial charge in [-0.3, -0.25) is 0 Å². The van der Waals surface area contributed by atoms with Gasteiger partial charge in [-0.25, -0.2) is 4.39 Å². The molecule has 2 nitrogen and oxygen atoms in total. The molecule has 0 radical (unpaired) electrons. The molecule has 2 aromatic carbocycles. The lowest BCUT2D eigenvalue weighted by atomic mass is 10.1. The van der Waals surface area contributed by atoms with Crippen LogP contribution in [0.3, 0.4) is 0 Å². The van der Waals surface area contributed by atoms with Gasteiger partial charge in [0.2, 0.25) is 0 Å². The highest BCUT2D eigenvalue weighted by atomic mass is 79.9. The summed E-state index contributed by atoms with van der Waals surface area (Å²) in [6.45, 7) is 0.628. The molecule has 102 valence electrons. The number of benzene rings is 2. The van der Waals surface area contributed by atoms with Crippen molar-refractivity contribution in [2.75, 3.05) is 11.9 Å². The van der Waals surface area contributed by atoms with Crippen molar-refractivity contribution in [1.29, 1.82) is 5.26 Å². The predicted octanol–water partition coefficient (Wildman–Crippen LogP) is 4.23. The van der Waals surface area contributed by atoms with Gasteiger partial charge in [0.25, 0.3) is 0 Å².